The van der Waals surface area contributed by atoms with E-state index in [1.165, 1.54) is 5.56 Å². The van der Waals surface area contributed by atoms with Crippen molar-refractivity contribution in [1.82, 2.24) is 5.32 Å². The second-order valence-corrected chi connectivity index (χ2v) is 4.78. The summed E-state index contributed by atoms with van der Waals surface area (Å²) in [5.41, 5.74) is 6.99. The Morgan fingerprint density at radius 1 is 1.35 bits per heavy atom. The highest BCUT2D eigenvalue weighted by molar-refractivity contribution is 5.78. The second kappa shape index (κ2) is 9.20. The lowest BCUT2D eigenvalue weighted by Crippen LogP contribution is -2.40. The van der Waals surface area contributed by atoms with Crippen molar-refractivity contribution in [3.8, 4) is 5.75 Å². The van der Waals surface area contributed by atoms with Gasteiger partial charge in [0.05, 0.1) is 13.2 Å². The van der Waals surface area contributed by atoms with Crippen LogP contribution in [0.5, 0.6) is 5.75 Å². The maximum atomic E-state index is 5.76. The van der Waals surface area contributed by atoms with Crippen LogP contribution in [0.1, 0.15) is 18.9 Å². The van der Waals surface area contributed by atoms with E-state index in [0.29, 0.717) is 25.7 Å². The molecule has 0 radical (unpaired) electrons. The summed E-state index contributed by atoms with van der Waals surface area (Å²) < 4.78 is 10.6. The van der Waals surface area contributed by atoms with Crippen LogP contribution in [0.25, 0.3) is 0 Å². The lowest BCUT2D eigenvalue weighted by molar-refractivity contribution is 0.179. The van der Waals surface area contributed by atoms with Crippen molar-refractivity contribution < 1.29 is 9.47 Å². The van der Waals surface area contributed by atoms with Gasteiger partial charge in [0.15, 0.2) is 5.96 Å². The van der Waals surface area contributed by atoms with Crippen molar-refractivity contribution in [1.29, 1.82) is 0 Å². The molecule has 0 fully saturated rings. The zero-order valence-electron chi connectivity index (χ0n) is 12.6. The Morgan fingerprint density at radius 3 is 2.70 bits per heavy atom. The standard InChI is InChI=1S/C15H25N3O2/c1-12-5-7-14(8-6-12)20-10-4-9-17-15(16)18-13(2)11-19-3/h5-8,13H,4,9-11H2,1-3H3,(H3,16,17,18). The smallest absolute Gasteiger partial charge is 0.188 e. The molecule has 1 aromatic carbocycles. The van der Waals surface area contributed by atoms with E-state index >= 15 is 0 Å². The van der Waals surface area contributed by atoms with E-state index in [-0.39, 0.29) is 6.04 Å². The zero-order chi connectivity index (χ0) is 14.8. The maximum Gasteiger partial charge on any atom is 0.188 e. The topological polar surface area (TPSA) is 68.9 Å². The van der Waals surface area contributed by atoms with Crippen LogP contribution < -0.4 is 15.8 Å². The third-order valence-electron chi connectivity index (χ3n) is 2.69. The minimum Gasteiger partial charge on any atom is -0.494 e. The summed E-state index contributed by atoms with van der Waals surface area (Å²) >= 11 is 0. The first kappa shape index (κ1) is 16.3. The van der Waals surface area contributed by atoms with Gasteiger partial charge in [-0.2, -0.15) is 0 Å². The Kier molecular flexibility index (Phi) is 7.50. The molecule has 0 saturated carbocycles. The minimum atomic E-state index is 0.160. The first-order valence-electron chi connectivity index (χ1n) is 6.86. The predicted octanol–water partition coefficient (Wildman–Crippen LogP) is 1.70. The number of nitrogens with zero attached hydrogens (tertiary/aromatic N) is 1. The molecule has 20 heavy (non-hydrogen) atoms. The van der Waals surface area contributed by atoms with Gasteiger partial charge in [0.1, 0.15) is 5.75 Å². The number of aliphatic imine (C=N–C) groups is 1. The molecule has 3 N–H and O–H groups in total. The average Bonchev–Trinajstić information content (AvgIpc) is 2.40. The molecule has 1 rings (SSSR count). The number of benzene rings is 1. The van der Waals surface area contributed by atoms with Gasteiger partial charge in [-0.3, -0.25) is 4.99 Å². The fourth-order valence-electron chi connectivity index (χ4n) is 1.68. The third kappa shape index (κ3) is 6.99. The zero-order valence-corrected chi connectivity index (χ0v) is 12.6. The van der Waals surface area contributed by atoms with E-state index in [1.807, 2.05) is 31.2 Å². The summed E-state index contributed by atoms with van der Waals surface area (Å²) in [6.07, 6.45) is 0.828. The van der Waals surface area contributed by atoms with Crippen LogP contribution in [-0.2, 0) is 4.74 Å². The predicted molar refractivity (Wildman–Crippen MR) is 82.3 cm³/mol. The molecule has 112 valence electrons. The minimum absolute atomic E-state index is 0.160. The fraction of sp³-hybridized carbons (Fsp3) is 0.533. The van der Waals surface area contributed by atoms with Crippen molar-refractivity contribution in [3.05, 3.63) is 29.8 Å². The lowest BCUT2D eigenvalue weighted by atomic mass is 10.2. The van der Waals surface area contributed by atoms with Gasteiger partial charge in [0.25, 0.3) is 0 Å². The van der Waals surface area contributed by atoms with Crippen LogP contribution in [0, 0.1) is 6.92 Å². The summed E-state index contributed by atoms with van der Waals surface area (Å²) in [7, 11) is 1.66. The molecule has 1 unspecified atom stereocenters. The molecule has 0 spiro atoms. The highest BCUT2D eigenvalue weighted by atomic mass is 16.5. The van der Waals surface area contributed by atoms with Crippen LogP contribution in [0.3, 0.4) is 0 Å². The maximum absolute atomic E-state index is 5.76. The van der Waals surface area contributed by atoms with Gasteiger partial charge < -0.3 is 20.5 Å². The van der Waals surface area contributed by atoms with Gasteiger partial charge >= 0.3 is 0 Å². The third-order valence-corrected chi connectivity index (χ3v) is 2.69. The molecule has 0 saturated heterocycles. The lowest BCUT2D eigenvalue weighted by Gasteiger charge is -2.13. The van der Waals surface area contributed by atoms with Gasteiger partial charge in [-0.15, -0.1) is 0 Å². The van der Waals surface area contributed by atoms with E-state index in [1.54, 1.807) is 7.11 Å². The van der Waals surface area contributed by atoms with Crippen LogP contribution >= 0.6 is 0 Å². The number of rotatable bonds is 8. The number of hydrogen-bond donors (Lipinski definition) is 2. The van der Waals surface area contributed by atoms with E-state index in [2.05, 4.69) is 17.2 Å². The number of hydrogen-bond acceptors (Lipinski definition) is 3. The van der Waals surface area contributed by atoms with Gasteiger partial charge in [-0.1, -0.05) is 17.7 Å². The highest BCUT2D eigenvalue weighted by Crippen LogP contribution is 2.11. The summed E-state index contributed by atoms with van der Waals surface area (Å²) in [5.74, 6) is 1.34. The monoisotopic (exact) mass is 279 g/mol. The molecular weight excluding hydrogens is 254 g/mol. The Hall–Kier alpha value is -1.75. The molecule has 0 amide bonds. The molecule has 0 aliphatic carbocycles. The van der Waals surface area contributed by atoms with E-state index in [9.17, 15) is 0 Å². The Morgan fingerprint density at radius 2 is 2.05 bits per heavy atom. The van der Waals surface area contributed by atoms with Crippen LogP contribution in [0.2, 0.25) is 0 Å². The number of nitrogens with one attached hydrogen (secondary N) is 1. The van der Waals surface area contributed by atoms with E-state index in [4.69, 9.17) is 15.2 Å². The summed E-state index contributed by atoms with van der Waals surface area (Å²) in [6.45, 7) is 5.93. The Balaban J connectivity index is 2.16. The first-order chi connectivity index (χ1) is 9.61. The molecule has 5 nitrogen and oxygen atoms in total. The van der Waals surface area contributed by atoms with Crippen LogP contribution in [-0.4, -0.2) is 38.9 Å². The highest BCUT2D eigenvalue weighted by Gasteiger charge is 2.00. The molecule has 0 aliphatic rings. The summed E-state index contributed by atoms with van der Waals surface area (Å²) in [5, 5.41) is 3.06. The number of nitrogens with two attached hydrogens (primary N) is 1. The van der Waals surface area contributed by atoms with Crippen molar-refractivity contribution in [3.63, 3.8) is 0 Å². The van der Waals surface area contributed by atoms with E-state index < -0.39 is 0 Å². The Labute approximate surface area is 121 Å². The number of guanidine groups is 1. The first-order valence-corrected chi connectivity index (χ1v) is 6.86. The van der Waals surface area contributed by atoms with Gasteiger partial charge in [0, 0.05) is 26.1 Å². The van der Waals surface area contributed by atoms with Gasteiger partial charge in [0.2, 0.25) is 0 Å². The molecule has 0 aromatic heterocycles. The van der Waals surface area contributed by atoms with Crippen molar-refractivity contribution >= 4 is 5.96 Å². The van der Waals surface area contributed by atoms with Crippen LogP contribution in [0.15, 0.2) is 29.3 Å². The molecule has 1 aromatic rings. The van der Waals surface area contributed by atoms with Crippen LogP contribution in [0.4, 0.5) is 0 Å². The quantitative estimate of drug-likeness (QED) is 0.432. The van der Waals surface area contributed by atoms with Crippen molar-refractivity contribution in [2.24, 2.45) is 10.7 Å². The van der Waals surface area contributed by atoms with Gasteiger partial charge in [-0.05, 0) is 26.0 Å². The molecule has 5 heteroatoms. The van der Waals surface area contributed by atoms with E-state index in [0.717, 1.165) is 12.2 Å². The van der Waals surface area contributed by atoms with Gasteiger partial charge in [-0.25, -0.2) is 0 Å². The van der Waals surface area contributed by atoms with Crippen molar-refractivity contribution in [2.75, 3.05) is 26.9 Å². The normalized spacial score (nSPS) is 13.1. The number of methoxy groups -OCH3 is 1. The SMILES string of the molecule is COCC(C)NC(N)=NCCCOc1ccc(C)cc1. The number of ether oxygens (including phenoxy) is 2. The average molecular weight is 279 g/mol. The molecule has 0 bridgehead atoms. The molecular formula is C15H25N3O2. The fourth-order valence-corrected chi connectivity index (χ4v) is 1.68. The molecule has 0 aliphatic heterocycles. The second-order valence-electron chi connectivity index (χ2n) is 4.78. The largest absolute Gasteiger partial charge is 0.494 e. The molecule has 0 heterocycles. The molecule has 1 atom stereocenters. The van der Waals surface area contributed by atoms with Crippen molar-refractivity contribution in [2.45, 2.75) is 26.3 Å². The summed E-state index contributed by atoms with van der Waals surface area (Å²) in [4.78, 5) is 4.24. The Bertz CT molecular complexity index is 404. The summed E-state index contributed by atoms with van der Waals surface area (Å²) in [6, 6.07) is 8.17. The number of aryl methyl sites for hydroxylation is 1.